The lowest BCUT2D eigenvalue weighted by Crippen LogP contribution is -2.43. The number of hydrogen-bond acceptors (Lipinski definition) is 7. The molecule has 1 aliphatic heterocycles. The van der Waals surface area contributed by atoms with Crippen LogP contribution in [0.1, 0.15) is 34.9 Å². The summed E-state index contributed by atoms with van der Waals surface area (Å²) in [4.78, 5) is 20.6. The van der Waals surface area contributed by atoms with Crippen molar-refractivity contribution in [2.24, 2.45) is 0 Å². The number of anilines is 1. The van der Waals surface area contributed by atoms with Gasteiger partial charge < -0.3 is 20.4 Å². The van der Waals surface area contributed by atoms with Gasteiger partial charge in [0.1, 0.15) is 0 Å². The van der Waals surface area contributed by atoms with Crippen LogP contribution in [0.3, 0.4) is 0 Å². The number of pyridine rings is 1. The molecule has 2 aromatic heterocycles. The molecule has 1 saturated heterocycles. The zero-order valence-electron chi connectivity index (χ0n) is 16.6. The molecule has 0 radical (unpaired) electrons. The van der Waals surface area contributed by atoms with E-state index in [0.717, 1.165) is 48.4 Å². The van der Waals surface area contributed by atoms with Crippen molar-refractivity contribution in [1.29, 1.82) is 0 Å². The first-order valence-corrected chi connectivity index (χ1v) is 11.0. The molecule has 7 nitrogen and oxygen atoms in total. The maximum atomic E-state index is 11.3. The minimum Gasteiger partial charge on any atom is -0.494 e. The number of aromatic hydroxyl groups is 1. The Kier molecular flexibility index (Phi) is 6.47. The lowest BCUT2D eigenvalue weighted by Gasteiger charge is -2.34. The largest absolute Gasteiger partial charge is 0.494 e. The van der Waals surface area contributed by atoms with Gasteiger partial charge in [-0.25, -0.2) is 0 Å². The first-order valence-electron chi connectivity index (χ1n) is 10.1. The van der Waals surface area contributed by atoms with Gasteiger partial charge in [0, 0.05) is 55.7 Å². The van der Waals surface area contributed by atoms with E-state index in [-0.39, 0.29) is 10.8 Å². The van der Waals surface area contributed by atoms with Gasteiger partial charge in [-0.1, -0.05) is 29.5 Å². The topological polar surface area (TPSA) is 101 Å². The van der Waals surface area contributed by atoms with Gasteiger partial charge in [-0.15, -0.1) is 0 Å². The summed E-state index contributed by atoms with van der Waals surface area (Å²) in [6.45, 7) is 2.45. The van der Waals surface area contributed by atoms with Crippen molar-refractivity contribution in [3.8, 4) is 5.88 Å². The molecule has 8 heteroatoms. The third-order valence-electron chi connectivity index (χ3n) is 5.53. The number of aliphatic hydroxyl groups is 1. The monoisotopic (exact) mass is 426 g/mol. The number of thiazole rings is 1. The number of piperidine rings is 1. The van der Waals surface area contributed by atoms with Crippen LogP contribution in [0.2, 0.25) is 0 Å². The third-order valence-corrected chi connectivity index (χ3v) is 6.40. The summed E-state index contributed by atoms with van der Waals surface area (Å²) in [6, 6.07) is 12.4. The Balaban J connectivity index is 1.26. The van der Waals surface area contributed by atoms with Crippen LogP contribution >= 0.6 is 11.3 Å². The van der Waals surface area contributed by atoms with Crippen molar-refractivity contribution in [2.75, 3.05) is 24.5 Å². The van der Waals surface area contributed by atoms with Gasteiger partial charge in [0.05, 0.1) is 11.0 Å². The highest BCUT2D eigenvalue weighted by Crippen LogP contribution is 2.24. The van der Waals surface area contributed by atoms with Gasteiger partial charge in [0.2, 0.25) is 5.88 Å². The summed E-state index contributed by atoms with van der Waals surface area (Å²) in [6.07, 6.45) is 5.46. The number of aromatic nitrogens is 2. The fourth-order valence-corrected chi connectivity index (χ4v) is 4.55. The van der Waals surface area contributed by atoms with Crippen LogP contribution in [0, 0.1) is 0 Å². The molecule has 0 unspecified atom stereocenters. The Hall–Kier alpha value is -2.68. The number of aromatic amines is 1. The smallest absolute Gasteiger partial charge is 0.307 e. The van der Waals surface area contributed by atoms with Crippen molar-refractivity contribution >= 4 is 17.0 Å². The molecule has 0 saturated carbocycles. The van der Waals surface area contributed by atoms with Gasteiger partial charge in [-0.2, -0.15) is 0 Å². The zero-order chi connectivity index (χ0) is 20.9. The van der Waals surface area contributed by atoms with Gasteiger partial charge in [0.25, 0.3) is 0 Å². The van der Waals surface area contributed by atoms with E-state index < -0.39 is 6.10 Å². The van der Waals surface area contributed by atoms with Crippen LogP contribution in [0.4, 0.5) is 5.69 Å². The number of benzene rings is 1. The molecule has 30 heavy (non-hydrogen) atoms. The fraction of sp³-hybridized carbons (Fsp3) is 0.364. The average Bonchev–Trinajstić information content (AvgIpc) is 3.10. The number of hydrogen-bond donors (Lipinski definition) is 4. The Morgan fingerprint density at radius 1 is 1.23 bits per heavy atom. The Morgan fingerprint density at radius 2 is 2.00 bits per heavy atom. The van der Waals surface area contributed by atoms with Gasteiger partial charge >= 0.3 is 4.87 Å². The van der Waals surface area contributed by atoms with Crippen molar-refractivity contribution < 1.29 is 10.2 Å². The lowest BCUT2D eigenvalue weighted by atomic mass is 10.0. The SMILES string of the molecule is O=c1[nH]c(O)c(Cc2ccc(N3CCC(NC[C@@H](O)c4cccnc4)CC3)cc2)s1. The molecule has 4 rings (SSSR count). The van der Waals surface area contributed by atoms with Gasteiger partial charge in [-0.05, 0) is 36.6 Å². The minimum atomic E-state index is -0.539. The summed E-state index contributed by atoms with van der Waals surface area (Å²) in [5.74, 6) is -0.0303. The maximum Gasteiger partial charge on any atom is 0.307 e. The van der Waals surface area contributed by atoms with E-state index in [1.54, 1.807) is 12.4 Å². The molecule has 1 aliphatic rings. The van der Waals surface area contributed by atoms with Crippen LogP contribution in [0.15, 0.2) is 53.6 Å². The lowest BCUT2D eigenvalue weighted by molar-refractivity contribution is 0.167. The van der Waals surface area contributed by atoms with E-state index in [1.807, 2.05) is 24.3 Å². The normalized spacial score (nSPS) is 16.0. The van der Waals surface area contributed by atoms with E-state index >= 15 is 0 Å². The number of nitrogens with one attached hydrogen (secondary N) is 2. The van der Waals surface area contributed by atoms with Crippen molar-refractivity contribution in [3.63, 3.8) is 0 Å². The first-order chi connectivity index (χ1) is 14.6. The highest BCUT2D eigenvalue weighted by Gasteiger charge is 2.20. The summed E-state index contributed by atoms with van der Waals surface area (Å²) in [5.41, 5.74) is 3.08. The van der Waals surface area contributed by atoms with E-state index in [9.17, 15) is 15.0 Å². The second-order valence-electron chi connectivity index (χ2n) is 7.60. The van der Waals surface area contributed by atoms with E-state index in [0.29, 0.717) is 23.9 Å². The van der Waals surface area contributed by atoms with Crippen molar-refractivity contribution in [1.82, 2.24) is 15.3 Å². The first kappa shape index (κ1) is 20.6. The fourth-order valence-electron chi connectivity index (χ4n) is 3.79. The molecule has 4 N–H and O–H groups in total. The molecule has 0 bridgehead atoms. The standard InChI is InChI=1S/C22H26N4O3S/c27-19(16-2-1-9-23-13-16)14-24-17-7-10-26(11-8-17)18-5-3-15(4-6-18)12-20-21(28)25-22(29)30-20/h1-6,9,13,17,19,24,27-28H,7-8,10-12,14H2,(H,25,29)/t19-/m1/s1. The predicted octanol–water partition coefficient (Wildman–Crippen LogP) is 2.42. The zero-order valence-corrected chi connectivity index (χ0v) is 17.4. The van der Waals surface area contributed by atoms with E-state index in [2.05, 4.69) is 32.3 Å². The summed E-state index contributed by atoms with van der Waals surface area (Å²) < 4.78 is 0. The highest BCUT2D eigenvalue weighted by atomic mass is 32.1. The molecular weight excluding hydrogens is 400 g/mol. The molecule has 1 fully saturated rings. The van der Waals surface area contributed by atoms with Gasteiger partial charge in [-0.3, -0.25) is 14.8 Å². The minimum absolute atomic E-state index is 0.0303. The van der Waals surface area contributed by atoms with Crippen LogP contribution in [0.5, 0.6) is 5.88 Å². The maximum absolute atomic E-state index is 11.3. The summed E-state index contributed by atoms with van der Waals surface area (Å²) >= 11 is 1.05. The summed E-state index contributed by atoms with van der Waals surface area (Å²) in [5, 5.41) is 23.5. The molecule has 0 spiro atoms. The Labute approximate surface area is 179 Å². The molecule has 158 valence electrons. The Bertz CT molecular complexity index is 995. The number of rotatable bonds is 7. The number of H-pyrrole nitrogens is 1. The molecular formula is C22H26N4O3S. The molecule has 3 heterocycles. The van der Waals surface area contributed by atoms with Crippen molar-refractivity contribution in [2.45, 2.75) is 31.4 Å². The second-order valence-corrected chi connectivity index (χ2v) is 8.67. The Morgan fingerprint density at radius 3 is 2.63 bits per heavy atom. The molecule has 1 aromatic carbocycles. The van der Waals surface area contributed by atoms with Crippen LogP contribution < -0.4 is 15.1 Å². The highest BCUT2D eigenvalue weighted by molar-refractivity contribution is 7.09. The number of nitrogens with zero attached hydrogens (tertiary/aromatic N) is 2. The molecule has 0 amide bonds. The van der Waals surface area contributed by atoms with E-state index in [4.69, 9.17) is 0 Å². The summed E-state index contributed by atoms with van der Waals surface area (Å²) in [7, 11) is 0. The third kappa shape index (κ3) is 5.08. The number of aliphatic hydroxyl groups excluding tert-OH is 1. The van der Waals surface area contributed by atoms with Crippen LogP contribution in [-0.4, -0.2) is 45.9 Å². The van der Waals surface area contributed by atoms with Gasteiger partial charge in [0.15, 0.2) is 0 Å². The quantitative estimate of drug-likeness (QED) is 0.463. The molecule has 0 aliphatic carbocycles. The van der Waals surface area contributed by atoms with Crippen LogP contribution in [-0.2, 0) is 6.42 Å². The average molecular weight is 427 g/mol. The molecule has 1 atom stereocenters. The second kappa shape index (κ2) is 9.42. The molecule has 3 aromatic rings. The van der Waals surface area contributed by atoms with Crippen molar-refractivity contribution in [3.05, 3.63) is 74.5 Å². The van der Waals surface area contributed by atoms with E-state index in [1.165, 1.54) is 5.69 Å². The van der Waals surface area contributed by atoms with Crippen LogP contribution in [0.25, 0.3) is 0 Å². The predicted molar refractivity (Wildman–Crippen MR) is 118 cm³/mol.